The summed E-state index contributed by atoms with van der Waals surface area (Å²) in [6, 6.07) is 1.69. The van der Waals surface area contributed by atoms with Crippen molar-refractivity contribution in [1.29, 1.82) is 0 Å². The lowest BCUT2D eigenvalue weighted by molar-refractivity contribution is -0.0500. The Kier molecular flexibility index (Phi) is 4.62. The molecule has 0 amide bonds. The van der Waals surface area contributed by atoms with Gasteiger partial charge in [0, 0.05) is 11.6 Å². The highest BCUT2D eigenvalue weighted by atomic mass is 35.5. The van der Waals surface area contributed by atoms with Gasteiger partial charge >= 0.3 is 12.6 Å². The van der Waals surface area contributed by atoms with Crippen molar-refractivity contribution in [2.45, 2.75) is 12.5 Å². The lowest BCUT2D eigenvalue weighted by Crippen LogP contribution is -2.09. The average Bonchev–Trinajstić information content (AvgIpc) is 2.26. The third-order valence-corrected chi connectivity index (χ3v) is 2.20. The van der Waals surface area contributed by atoms with Gasteiger partial charge < -0.3 is 9.47 Å². The second-order valence-corrected chi connectivity index (χ2v) is 3.20. The lowest BCUT2D eigenvalue weighted by Gasteiger charge is -2.10. The Morgan fingerprint density at radius 3 is 2.59 bits per heavy atom. The molecule has 0 aliphatic rings. The van der Waals surface area contributed by atoms with E-state index < -0.39 is 24.1 Å². The summed E-state index contributed by atoms with van der Waals surface area (Å²) in [7, 11) is 1.08. The van der Waals surface area contributed by atoms with Gasteiger partial charge in [-0.05, 0) is 6.07 Å². The van der Waals surface area contributed by atoms with Crippen LogP contribution >= 0.6 is 11.6 Å². The first-order valence-electron chi connectivity index (χ1n) is 4.41. The smallest absolute Gasteiger partial charge is 0.387 e. The maximum atomic E-state index is 13.4. The Bertz CT molecular complexity index is 424. The monoisotopic (exact) mass is 268 g/mol. The molecule has 0 spiro atoms. The molecule has 0 unspecified atom stereocenters. The van der Waals surface area contributed by atoms with Crippen LogP contribution in [0.1, 0.15) is 15.9 Å². The number of hydrogen-bond donors (Lipinski definition) is 0. The largest absolute Gasteiger partial charge is 0.465 e. The fourth-order valence-corrected chi connectivity index (χ4v) is 1.48. The summed E-state index contributed by atoms with van der Waals surface area (Å²) in [5.74, 6) is -2.53. The second-order valence-electron chi connectivity index (χ2n) is 2.93. The number of benzene rings is 1. The predicted octanol–water partition coefficient (Wildman–Crippen LogP) is 2.95. The minimum absolute atomic E-state index is 0.125. The fraction of sp³-hybridized carbons (Fsp3) is 0.300. The minimum atomic E-state index is -3.11. The summed E-state index contributed by atoms with van der Waals surface area (Å²) >= 11 is 5.46. The molecule has 1 rings (SSSR count). The van der Waals surface area contributed by atoms with Crippen molar-refractivity contribution in [2.24, 2.45) is 0 Å². The molecule has 0 bridgehead atoms. The van der Waals surface area contributed by atoms with Crippen molar-refractivity contribution in [3.8, 4) is 5.75 Å². The Morgan fingerprint density at radius 2 is 2.12 bits per heavy atom. The zero-order valence-electron chi connectivity index (χ0n) is 8.68. The quantitative estimate of drug-likeness (QED) is 0.622. The number of carbonyl (C=O) groups excluding carboxylic acids is 1. The molecule has 0 saturated carbocycles. The van der Waals surface area contributed by atoms with Crippen LogP contribution < -0.4 is 4.74 Å². The highest BCUT2D eigenvalue weighted by Gasteiger charge is 2.18. The number of ether oxygens (including phenoxy) is 2. The number of rotatable bonds is 4. The molecule has 1 aromatic rings. The molecule has 7 heteroatoms. The van der Waals surface area contributed by atoms with Crippen LogP contribution in [-0.2, 0) is 10.6 Å². The molecular weight excluding hydrogens is 261 g/mol. The van der Waals surface area contributed by atoms with Crippen molar-refractivity contribution in [3.63, 3.8) is 0 Å². The van der Waals surface area contributed by atoms with Gasteiger partial charge in [0.2, 0.25) is 0 Å². The van der Waals surface area contributed by atoms with Crippen LogP contribution in [0.3, 0.4) is 0 Å². The first-order valence-corrected chi connectivity index (χ1v) is 4.94. The van der Waals surface area contributed by atoms with Gasteiger partial charge in [-0.1, -0.05) is 0 Å². The summed E-state index contributed by atoms with van der Waals surface area (Å²) in [5.41, 5.74) is -0.363. The number of halogens is 4. The first kappa shape index (κ1) is 13.6. The van der Waals surface area contributed by atoms with E-state index in [1.165, 1.54) is 0 Å². The second kappa shape index (κ2) is 5.77. The molecule has 0 radical (unpaired) electrons. The zero-order valence-corrected chi connectivity index (χ0v) is 9.43. The Morgan fingerprint density at radius 1 is 1.47 bits per heavy atom. The zero-order chi connectivity index (χ0) is 13.0. The maximum absolute atomic E-state index is 13.4. The van der Waals surface area contributed by atoms with E-state index in [-0.39, 0.29) is 17.0 Å². The molecule has 0 N–H and O–H groups in total. The van der Waals surface area contributed by atoms with Crippen LogP contribution in [0.25, 0.3) is 0 Å². The number of hydrogen-bond acceptors (Lipinski definition) is 3. The van der Waals surface area contributed by atoms with Gasteiger partial charge in [-0.3, -0.25) is 0 Å². The molecule has 94 valence electrons. The van der Waals surface area contributed by atoms with E-state index >= 15 is 0 Å². The van der Waals surface area contributed by atoms with Crippen LogP contribution in [0.4, 0.5) is 13.2 Å². The SMILES string of the molecule is COC(=O)c1cc(OC(F)F)cc(F)c1CCl. The molecule has 1 aromatic carbocycles. The Hall–Kier alpha value is -1.43. The van der Waals surface area contributed by atoms with Crippen molar-refractivity contribution >= 4 is 17.6 Å². The van der Waals surface area contributed by atoms with E-state index in [1.807, 2.05) is 0 Å². The number of methoxy groups -OCH3 is 1. The molecular formula is C10H8ClF3O3. The van der Waals surface area contributed by atoms with E-state index in [9.17, 15) is 18.0 Å². The van der Waals surface area contributed by atoms with Gasteiger partial charge in [-0.15, -0.1) is 11.6 Å². The summed E-state index contributed by atoms with van der Waals surface area (Å²) < 4.78 is 45.8. The predicted molar refractivity (Wildman–Crippen MR) is 53.9 cm³/mol. The van der Waals surface area contributed by atoms with Crippen LogP contribution in [0.15, 0.2) is 12.1 Å². The lowest BCUT2D eigenvalue weighted by atomic mass is 10.1. The molecule has 0 aromatic heterocycles. The van der Waals surface area contributed by atoms with Crippen LogP contribution in [0, 0.1) is 5.82 Å². The van der Waals surface area contributed by atoms with Gasteiger partial charge in [-0.2, -0.15) is 8.78 Å². The number of alkyl halides is 3. The van der Waals surface area contributed by atoms with E-state index in [0.29, 0.717) is 0 Å². The van der Waals surface area contributed by atoms with Gasteiger partial charge in [-0.25, -0.2) is 9.18 Å². The Labute approximate surface area is 100 Å². The van der Waals surface area contributed by atoms with Gasteiger partial charge in [0.1, 0.15) is 11.6 Å². The molecule has 0 heterocycles. The van der Waals surface area contributed by atoms with Gasteiger partial charge in [0.15, 0.2) is 0 Å². The molecule has 0 fully saturated rings. The summed E-state index contributed by atoms with van der Waals surface area (Å²) in [4.78, 5) is 11.3. The highest BCUT2D eigenvalue weighted by Crippen LogP contribution is 2.25. The number of esters is 1. The molecule has 0 aliphatic heterocycles. The van der Waals surface area contributed by atoms with Crippen molar-refractivity contribution in [1.82, 2.24) is 0 Å². The number of carbonyl (C=O) groups is 1. The van der Waals surface area contributed by atoms with E-state index in [4.69, 9.17) is 11.6 Å². The first-order chi connectivity index (χ1) is 7.99. The third-order valence-electron chi connectivity index (χ3n) is 1.93. The van der Waals surface area contributed by atoms with Gasteiger partial charge in [0.05, 0.1) is 18.6 Å². The minimum Gasteiger partial charge on any atom is -0.465 e. The molecule has 0 saturated heterocycles. The summed E-state index contributed by atoms with van der Waals surface area (Å²) in [6.07, 6.45) is 0. The molecule has 0 atom stereocenters. The van der Waals surface area contributed by atoms with E-state index in [1.54, 1.807) is 0 Å². The van der Waals surface area contributed by atoms with Crippen LogP contribution in [0.5, 0.6) is 5.75 Å². The van der Waals surface area contributed by atoms with E-state index in [0.717, 1.165) is 19.2 Å². The fourth-order valence-electron chi connectivity index (χ4n) is 1.21. The third kappa shape index (κ3) is 3.26. The van der Waals surface area contributed by atoms with Crippen LogP contribution in [0.2, 0.25) is 0 Å². The summed E-state index contributed by atoms with van der Waals surface area (Å²) in [5, 5.41) is 0. The highest BCUT2D eigenvalue weighted by molar-refractivity contribution is 6.17. The van der Waals surface area contributed by atoms with Crippen molar-refractivity contribution in [3.05, 3.63) is 29.1 Å². The topological polar surface area (TPSA) is 35.5 Å². The molecule has 17 heavy (non-hydrogen) atoms. The standard InChI is InChI=1S/C10H8ClF3O3/c1-16-9(15)6-2-5(17-10(13)14)3-8(12)7(6)4-11/h2-3,10H,4H2,1H3. The average molecular weight is 269 g/mol. The van der Waals surface area contributed by atoms with Gasteiger partial charge in [0.25, 0.3) is 0 Å². The molecule has 3 nitrogen and oxygen atoms in total. The maximum Gasteiger partial charge on any atom is 0.387 e. The summed E-state index contributed by atoms with van der Waals surface area (Å²) in [6.45, 7) is -3.11. The van der Waals surface area contributed by atoms with Crippen molar-refractivity contribution < 1.29 is 27.4 Å². The normalized spacial score (nSPS) is 10.5. The molecule has 0 aliphatic carbocycles. The Balaban J connectivity index is 3.23. The van der Waals surface area contributed by atoms with E-state index in [2.05, 4.69) is 9.47 Å². The van der Waals surface area contributed by atoms with Crippen LogP contribution in [-0.4, -0.2) is 19.7 Å². The van der Waals surface area contributed by atoms with Crippen molar-refractivity contribution in [2.75, 3.05) is 7.11 Å².